The maximum atomic E-state index is 9.58. The van der Waals surface area contributed by atoms with E-state index in [4.69, 9.17) is 16.2 Å². The van der Waals surface area contributed by atoms with E-state index >= 15 is 0 Å². The minimum absolute atomic E-state index is 0.0806. The Bertz CT molecular complexity index is 1340. The number of aryl methyl sites for hydroxylation is 1. The van der Waals surface area contributed by atoms with Crippen molar-refractivity contribution < 1.29 is 4.74 Å². The highest BCUT2D eigenvalue weighted by atomic mass is 32.2. The Balaban J connectivity index is 1.79. The molecule has 5 rings (SSSR count). The van der Waals surface area contributed by atoms with Crippen LogP contribution in [0, 0.1) is 18.3 Å². The summed E-state index contributed by atoms with van der Waals surface area (Å²) in [4.78, 5) is 5.46. The molecular weight excluding hydrogens is 392 g/mol. The number of anilines is 2. The van der Waals surface area contributed by atoms with Gasteiger partial charge in [0.05, 0.1) is 16.5 Å². The lowest BCUT2D eigenvalue weighted by Gasteiger charge is -2.30. The molecule has 0 amide bonds. The van der Waals surface area contributed by atoms with Gasteiger partial charge < -0.3 is 16.2 Å². The summed E-state index contributed by atoms with van der Waals surface area (Å²) >= 11 is 1.66. The standard InChI is InChI=1S/C24H18N4OS/c1-13-6-9-15(10-7-13)30-22-19-16-5-3-2-4-14(16)8-11-18(19)29-24-20(22)21(26)17(12-25)23(27)28-24/h2-11,22H,1H3,(H4,26,27,28). The van der Waals surface area contributed by atoms with Crippen molar-refractivity contribution in [1.29, 1.82) is 5.26 Å². The monoisotopic (exact) mass is 410 g/mol. The van der Waals surface area contributed by atoms with Crippen LogP contribution in [0.2, 0.25) is 0 Å². The van der Waals surface area contributed by atoms with Crippen molar-refractivity contribution in [2.24, 2.45) is 0 Å². The number of hydrogen-bond acceptors (Lipinski definition) is 6. The minimum atomic E-state index is -0.197. The Morgan fingerprint density at radius 3 is 2.53 bits per heavy atom. The molecule has 30 heavy (non-hydrogen) atoms. The molecule has 146 valence electrons. The van der Waals surface area contributed by atoms with Crippen LogP contribution in [0.1, 0.15) is 27.5 Å². The van der Waals surface area contributed by atoms with E-state index in [9.17, 15) is 5.26 Å². The second-order valence-electron chi connectivity index (χ2n) is 7.23. The first-order valence-electron chi connectivity index (χ1n) is 9.48. The number of pyridine rings is 1. The van der Waals surface area contributed by atoms with Crippen LogP contribution in [0.15, 0.2) is 65.6 Å². The van der Waals surface area contributed by atoms with Crippen molar-refractivity contribution >= 4 is 34.0 Å². The number of ether oxygens (including phenoxy) is 1. The quantitative estimate of drug-likeness (QED) is 0.448. The number of benzene rings is 3. The van der Waals surface area contributed by atoms with Crippen LogP contribution in [0.25, 0.3) is 10.8 Å². The Morgan fingerprint density at radius 1 is 1.00 bits per heavy atom. The third kappa shape index (κ3) is 2.83. The molecule has 1 atom stereocenters. The normalized spacial score (nSPS) is 14.5. The molecule has 1 aromatic heterocycles. The van der Waals surface area contributed by atoms with Crippen LogP contribution in [0.3, 0.4) is 0 Å². The first kappa shape index (κ1) is 18.3. The molecule has 1 aliphatic heterocycles. The Kier molecular flexibility index (Phi) is 4.27. The third-order valence-electron chi connectivity index (χ3n) is 5.32. The third-order valence-corrected chi connectivity index (χ3v) is 6.57. The molecule has 1 unspecified atom stereocenters. The number of nitrogens with two attached hydrogens (primary N) is 2. The Labute approximate surface area is 178 Å². The smallest absolute Gasteiger partial charge is 0.228 e. The van der Waals surface area contributed by atoms with E-state index in [2.05, 4.69) is 54.4 Å². The van der Waals surface area contributed by atoms with E-state index in [1.165, 1.54) is 5.56 Å². The lowest BCUT2D eigenvalue weighted by molar-refractivity contribution is 0.442. The first-order chi connectivity index (χ1) is 14.6. The number of rotatable bonds is 2. The molecule has 6 heteroatoms. The maximum Gasteiger partial charge on any atom is 0.228 e. The predicted molar refractivity (Wildman–Crippen MR) is 121 cm³/mol. The van der Waals surface area contributed by atoms with Gasteiger partial charge in [0.1, 0.15) is 23.2 Å². The number of nitriles is 1. The molecule has 0 aliphatic carbocycles. The zero-order chi connectivity index (χ0) is 20.8. The highest BCUT2D eigenvalue weighted by molar-refractivity contribution is 7.99. The second kappa shape index (κ2) is 6.97. The van der Waals surface area contributed by atoms with E-state index in [1.54, 1.807) is 11.8 Å². The van der Waals surface area contributed by atoms with E-state index in [-0.39, 0.29) is 16.6 Å². The fraction of sp³-hybridized carbons (Fsp3) is 0.0833. The predicted octanol–water partition coefficient (Wildman–Crippen LogP) is 5.57. The molecule has 2 heterocycles. The van der Waals surface area contributed by atoms with Gasteiger partial charge in [-0.2, -0.15) is 10.2 Å². The summed E-state index contributed by atoms with van der Waals surface area (Å²) in [5.41, 5.74) is 15.8. The number of nitrogens with zero attached hydrogens (tertiary/aromatic N) is 2. The summed E-state index contributed by atoms with van der Waals surface area (Å²) in [7, 11) is 0. The number of aromatic nitrogens is 1. The van der Waals surface area contributed by atoms with Gasteiger partial charge in [-0.05, 0) is 35.9 Å². The molecule has 0 bridgehead atoms. The summed E-state index contributed by atoms with van der Waals surface area (Å²) in [5.74, 6) is 1.16. The summed E-state index contributed by atoms with van der Waals surface area (Å²) in [6.45, 7) is 2.06. The largest absolute Gasteiger partial charge is 0.438 e. The Hall–Kier alpha value is -3.69. The average Bonchev–Trinajstić information content (AvgIpc) is 2.75. The van der Waals surface area contributed by atoms with Gasteiger partial charge in [0.15, 0.2) is 0 Å². The SMILES string of the molecule is Cc1ccc(SC2c3c(nc(N)c(C#N)c3N)Oc3ccc4ccccc4c32)cc1. The van der Waals surface area contributed by atoms with Gasteiger partial charge in [-0.1, -0.05) is 48.0 Å². The number of hydrogen-bond donors (Lipinski definition) is 2. The highest BCUT2D eigenvalue weighted by Crippen LogP contribution is 2.55. The van der Waals surface area contributed by atoms with E-state index in [0.29, 0.717) is 17.1 Å². The molecule has 3 aromatic carbocycles. The van der Waals surface area contributed by atoms with Crippen LogP contribution >= 0.6 is 11.8 Å². The summed E-state index contributed by atoms with van der Waals surface area (Å²) in [5, 5.41) is 11.6. The average molecular weight is 411 g/mol. The van der Waals surface area contributed by atoms with Crippen molar-refractivity contribution in [3.63, 3.8) is 0 Å². The molecule has 4 N–H and O–H groups in total. The van der Waals surface area contributed by atoms with Crippen molar-refractivity contribution in [2.45, 2.75) is 17.1 Å². The molecule has 0 saturated heterocycles. The molecule has 0 saturated carbocycles. The first-order valence-corrected chi connectivity index (χ1v) is 10.4. The van der Waals surface area contributed by atoms with Crippen molar-refractivity contribution in [3.05, 3.63) is 82.9 Å². The van der Waals surface area contributed by atoms with Crippen LogP contribution in [0.4, 0.5) is 11.5 Å². The van der Waals surface area contributed by atoms with Crippen molar-refractivity contribution in [2.75, 3.05) is 11.5 Å². The number of nitrogen functional groups attached to an aromatic ring is 2. The molecule has 1 aliphatic rings. The summed E-state index contributed by atoms with van der Waals surface area (Å²) < 4.78 is 6.14. The Morgan fingerprint density at radius 2 is 1.77 bits per heavy atom. The molecule has 0 fully saturated rings. The lowest BCUT2D eigenvalue weighted by Crippen LogP contribution is -2.15. The molecule has 5 nitrogen and oxygen atoms in total. The van der Waals surface area contributed by atoms with Crippen LogP contribution in [0.5, 0.6) is 11.6 Å². The van der Waals surface area contributed by atoms with Crippen molar-refractivity contribution in [1.82, 2.24) is 4.98 Å². The molecular formula is C24H18N4OS. The zero-order valence-corrected chi connectivity index (χ0v) is 17.0. The zero-order valence-electron chi connectivity index (χ0n) is 16.2. The van der Waals surface area contributed by atoms with Gasteiger partial charge in [-0.25, -0.2) is 0 Å². The van der Waals surface area contributed by atoms with Gasteiger partial charge in [-0.15, -0.1) is 11.8 Å². The summed E-state index contributed by atoms with van der Waals surface area (Å²) in [6.07, 6.45) is 0. The molecule has 0 radical (unpaired) electrons. The maximum absolute atomic E-state index is 9.58. The van der Waals surface area contributed by atoms with E-state index < -0.39 is 0 Å². The fourth-order valence-corrected chi connectivity index (χ4v) is 5.09. The van der Waals surface area contributed by atoms with Crippen LogP contribution in [-0.2, 0) is 0 Å². The lowest BCUT2D eigenvalue weighted by atomic mass is 9.94. The van der Waals surface area contributed by atoms with Gasteiger partial charge in [0, 0.05) is 10.5 Å². The molecule has 4 aromatic rings. The summed E-state index contributed by atoms with van der Waals surface area (Å²) in [6, 6.07) is 22.6. The van der Waals surface area contributed by atoms with Crippen molar-refractivity contribution in [3.8, 4) is 17.7 Å². The van der Waals surface area contributed by atoms with Gasteiger partial charge in [0.2, 0.25) is 5.88 Å². The van der Waals surface area contributed by atoms with Gasteiger partial charge in [-0.3, -0.25) is 0 Å². The highest BCUT2D eigenvalue weighted by Gasteiger charge is 2.34. The van der Waals surface area contributed by atoms with Gasteiger partial charge >= 0.3 is 0 Å². The number of fused-ring (bicyclic) bond motifs is 4. The topological polar surface area (TPSA) is 98.0 Å². The van der Waals surface area contributed by atoms with Crippen LogP contribution in [-0.4, -0.2) is 4.98 Å². The van der Waals surface area contributed by atoms with Crippen LogP contribution < -0.4 is 16.2 Å². The minimum Gasteiger partial charge on any atom is -0.438 e. The number of thioether (sulfide) groups is 1. The van der Waals surface area contributed by atoms with E-state index in [0.717, 1.165) is 27.0 Å². The van der Waals surface area contributed by atoms with E-state index in [1.807, 2.05) is 24.3 Å². The fourth-order valence-electron chi connectivity index (χ4n) is 3.82. The van der Waals surface area contributed by atoms with Gasteiger partial charge in [0.25, 0.3) is 0 Å². The second-order valence-corrected chi connectivity index (χ2v) is 8.41. The molecule has 0 spiro atoms.